The standard InChI is InChI=1S/C19H21ClN2O5S/c1-26-16-3-2-4-17(18(16)19(23)21-24)28(25)22-11-9-15(10-12-22)27-14-7-5-13(20)6-8-14/h2-8,15,24H,9-12H2,1H3,(H,21,23). The number of methoxy groups -OCH3 is 1. The Bertz CT molecular complexity index is 854. The summed E-state index contributed by atoms with van der Waals surface area (Å²) >= 11 is 5.88. The molecule has 2 N–H and O–H groups in total. The number of piperidine rings is 1. The van der Waals surface area contributed by atoms with Gasteiger partial charge in [0.15, 0.2) is 0 Å². The fourth-order valence-electron chi connectivity index (χ4n) is 3.07. The van der Waals surface area contributed by atoms with Gasteiger partial charge in [-0.3, -0.25) is 10.0 Å². The first-order chi connectivity index (χ1) is 13.5. The van der Waals surface area contributed by atoms with Crippen LogP contribution in [0.1, 0.15) is 23.2 Å². The maximum absolute atomic E-state index is 13.1. The van der Waals surface area contributed by atoms with Crippen LogP contribution in [0.4, 0.5) is 0 Å². The Kier molecular flexibility index (Phi) is 6.90. The fraction of sp³-hybridized carbons (Fsp3) is 0.316. The number of halogens is 1. The molecular weight excluding hydrogens is 404 g/mol. The van der Waals surface area contributed by atoms with E-state index in [1.54, 1.807) is 40.1 Å². The Morgan fingerprint density at radius 2 is 1.89 bits per heavy atom. The van der Waals surface area contributed by atoms with Gasteiger partial charge in [-0.2, -0.15) is 0 Å². The summed E-state index contributed by atoms with van der Waals surface area (Å²) in [5, 5.41) is 9.68. The molecule has 0 radical (unpaired) electrons. The van der Waals surface area contributed by atoms with E-state index in [1.807, 2.05) is 12.1 Å². The van der Waals surface area contributed by atoms with E-state index in [1.165, 1.54) is 7.11 Å². The zero-order valence-corrected chi connectivity index (χ0v) is 16.8. The molecule has 0 saturated carbocycles. The van der Waals surface area contributed by atoms with Crippen LogP contribution in [0.25, 0.3) is 0 Å². The lowest BCUT2D eigenvalue weighted by Crippen LogP contribution is -2.39. The molecule has 0 spiro atoms. The number of rotatable bonds is 6. The molecule has 1 atom stereocenters. The van der Waals surface area contributed by atoms with Crippen LogP contribution in [0.2, 0.25) is 5.02 Å². The molecule has 28 heavy (non-hydrogen) atoms. The van der Waals surface area contributed by atoms with Crippen LogP contribution in [0.15, 0.2) is 47.4 Å². The van der Waals surface area contributed by atoms with E-state index < -0.39 is 16.9 Å². The normalized spacial score (nSPS) is 16.4. The highest BCUT2D eigenvalue weighted by atomic mass is 35.5. The number of carbonyl (C=O) groups excluding carboxylic acids is 1. The van der Waals surface area contributed by atoms with E-state index >= 15 is 0 Å². The van der Waals surface area contributed by atoms with E-state index in [0.717, 1.165) is 5.75 Å². The van der Waals surface area contributed by atoms with Gasteiger partial charge in [-0.05, 0) is 49.2 Å². The van der Waals surface area contributed by atoms with E-state index in [-0.39, 0.29) is 17.4 Å². The maximum atomic E-state index is 13.1. The van der Waals surface area contributed by atoms with Crippen LogP contribution in [-0.4, -0.2) is 45.9 Å². The number of hydrogen-bond acceptors (Lipinski definition) is 5. The number of carbonyl (C=O) groups is 1. The van der Waals surface area contributed by atoms with Gasteiger partial charge in [0.1, 0.15) is 34.2 Å². The topological polar surface area (TPSA) is 88.1 Å². The van der Waals surface area contributed by atoms with Gasteiger partial charge in [-0.25, -0.2) is 14.0 Å². The molecule has 9 heteroatoms. The van der Waals surface area contributed by atoms with Gasteiger partial charge in [-0.1, -0.05) is 17.7 Å². The molecule has 3 rings (SSSR count). The number of hydroxylamine groups is 1. The van der Waals surface area contributed by atoms with Crippen molar-refractivity contribution in [3.63, 3.8) is 0 Å². The van der Waals surface area contributed by atoms with E-state index in [2.05, 4.69) is 0 Å². The Labute approximate surface area is 170 Å². The molecule has 1 heterocycles. The molecule has 0 aliphatic carbocycles. The lowest BCUT2D eigenvalue weighted by atomic mass is 10.1. The summed E-state index contributed by atoms with van der Waals surface area (Å²) in [5.74, 6) is 0.235. The zero-order valence-electron chi connectivity index (χ0n) is 15.3. The summed E-state index contributed by atoms with van der Waals surface area (Å²) < 4.78 is 26.0. The monoisotopic (exact) mass is 424 g/mol. The van der Waals surface area contributed by atoms with Crippen LogP contribution < -0.4 is 15.0 Å². The minimum Gasteiger partial charge on any atom is -0.496 e. The van der Waals surface area contributed by atoms with Crippen LogP contribution in [-0.2, 0) is 11.0 Å². The van der Waals surface area contributed by atoms with Crippen molar-refractivity contribution in [2.45, 2.75) is 23.8 Å². The maximum Gasteiger partial charge on any atom is 0.279 e. The minimum atomic E-state index is -1.57. The lowest BCUT2D eigenvalue weighted by molar-refractivity contribution is 0.0699. The summed E-state index contributed by atoms with van der Waals surface area (Å²) in [5.41, 5.74) is 1.65. The van der Waals surface area contributed by atoms with Crippen molar-refractivity contribution in [2.75, 3.05) is 20.2 Å². The third-order valence-corrected chi connectivity index (χ3v) is 6.28. The van der Waals surface area contributed by atoms with Crippen molar-refractivity contribution < 1.29 is 23.7 Å². The number of nitrogens with one attached hydrogen (secondary N) is 1. The van der Waals surface area contributed by atoms with Crippen LogP contribution >= 0.6 is 11.6 Å². The molecule has 1 saturated heterocycles. The summed E-state index contributed by atoms with van der Waals surface area (Å²) in [6, 6.07) is 12.0. The second-order valence-corrected chi connectivity index (χ2v) is 8.11. The largest absolute Gasteiger partial charge is 0.496 e. The van der Waals surface area contributed by atoms with Crippen molar-refractivity contribution in [1.82, 2.24) is 9.79 Å². The van der Waals surface area contributed by atoms with Gasteiger partial charge in [-0.15, -0.1) is 0 Å². The predicted octanol–water partition coefficient (Wildman–Crippen LogP) is 3.03. The third-order valence-electron chi connectivity index (χ3n) is 4.48. The lowest BCUT2D eigenvalue weighted by Gasteiger charge is -2.31. The number of ether oxygens (including phenoxy) is 2. The van der Waals surface area contributed by atoms with Crippen molar-refractivity contribution in [1.29, 1.82) is 0 Å². The molecule has 0 bridgehead atoms. The van der Waals surface area contributed by atoms with Crippen LogP contribution in [0, 0.1) is 0 Å². The highest BCUT2D eigenvalue weighted by molar-refractivity contribution is 7.82. The number of hydrogen-bond donors (Lipinski definition) is 2. The third kappa shape index (κ3) is 4.64. The predicted molar refractivity (Wildman–Crippen MR) is 105 cm³/mol. The first kappa shape index (κ1) is 20.6. The molecule has 2 aromatic rings. The van der Waals surface area contributed by atoms with Crippen molar-refractivity contribution >= 4 is 28.5 Å². The minimum absolute atomic E-state index is 0.0138. The van der Waals surface area contributed by atoms with Gasteiger partial charge in [0.05, 0.1) is 12.0 Å². The number of amides is 1. The van der Waals surface area contributed by atoms with Gasteiger partial charge in [0, 0.05) is 18.1 Å². The van der Waals surface area contributed by atoms with Crippen molar-refractivity contribution in [3.8, 4) is 11.5 Å². The van der Waals surface area contributed by atoms with Crippen LogP contribution in [0.3, 0.4) is 0 Å². The molecule has 1 fully saturated rings. The Morgan fingerprint density at radius 3 is 2.50 bits per heavy atom. The van der Waals surface area contributed by atoms with Crippen LogP contribution in [0.5, 0.6) is 11.5 Å². The van der Waals surface area contributed by atoms with Gasteiger partial charge >= 0.3 is 0 Å². The number of benzene rings is 2. The molecule has 7 nitrogen and oxygen atoms in total. The van der Waals surface area contributed by atoms with E-state index in [0.29, 0.717) is 35.8 Å². The molecule has 150 valence electrons. The Balaban J connectivity index is 1.68. The molecule has 2 aromatic carbocycles. The van der Waals surface area contributed by atoms with Gasteiger partial charge in [0.25, 0.3) is 5.91 Å². The SMILES string of the molecule is COc1cccc(S(=O)N2CCC(Oc3ccc(Cl)cc3)CC2)c1C(=O)NO. The fourth-order valence-corrected chi connectivity index (χ4v) is 4.58. The number of nitrogens with zero attached hydrogens (tertiary/aromatic N) is 1. The average molecular weight is 425 g/mol. The summed E-state index contributed by atoms with van der Waals surface area (Å²) in [6.07, 6.45) is 1.40. The zero-order chi connectivity index (χ0) is 20.1. The smallest absolute Gasteiger partial charge is 0.279 e. The molecule has 1 aliphatic rings. The first-order valence-electron chi connectivity index (χ1n) is 8.74. The second kappa shape index (κ2) is 9.38. The summed E-state index contributed by atoms with van der Waals surface area (Å²) in [4.78, 5) is 12.4. The molecule has 1 unspecified atom stereocenters. The molecule has 1 amide bonds. The quantitative estimate of drug-likeness (QED) is 0.549. The molecular formula is C19H21ClN2O5S. The highest BCUT2D eigenvalue weighted by Gasteiger charge is 2.28. The second-order valence-electron chi connectivity index (χ2n) is 6.22. The Morgan fingerprint density at radius 1 is 1.21 bits per heavy atom. The van der Waals surface area contributed by atoms with Gasteiger partial charge < -0.3 is 9.47 Å². The van der Waals surface area contributed by atoms with Crippen molar-refractivity contribution in [3.05, 3.63) is 53.1 Å². The molecule has 1 aliphatic heterocycles. The van der Waals surface area contributed by atoms with Gasteiger partial charge in [0.2, 0.25) is 0 Å². The summed E-state index contributed by atoms with van der Waals surface area (Å²) in [6.45, 7) is 1.09. The average Bonchev–Trinajstić information content (AvgIpc) is 2.74. The summed E-state index contributed by atoms with van der Waals surface area (Å²) in [7, 11) is -0.159. The molecule has 0 aromatic heterocycles. The van der Waals surface area contributed by atoms with E-state index in [9.17, 15) is 9.00 Å². The van der Waals surface area contributed by atoms with Crippen molar-refractivity contribution in [2.24, 2.45) is 0 Å². The Hall–Kier alpha value is -2.13. The first-order valence-corrected chi connectivity index (χ1v) is 10.2. The van der Waals surface area contributed by atoms with E-state index in [4.69, 9.17) is 26.3 Å². The highest BCUT2D eigenvalue weighted by Crippen LogP contribution is 2.28.